The molecule has 0 aliphatic rings. The Morgan fingerprint density at radius 1 is 0.786 bits per heavy atom. The summed E-state index contributed by atoms with van der Waals surface area (Å²) in [4.78, 5) is 48.1. The number of carbonyl (C=O) groups is 4. The molecular formula is C19H19NO8. The fourth-order valence-electron chi connectivity index (χ4n) is 2.15. The zero-order valence-electron chi connectivity index (χ0n) is 14.8. The van der Waals surface area contributed by atoms with Crippen molar-refractivity contribution >= 4 is 23.8 Å². The first-order valence-electron chi connectivity index (χ1n) is 7.90. The van der Waals surface area contributed by atoms with E-state index in [0.29, 0.717) is 0 Å². The number of carboxylic acids is 1. The Morgan fingerprint density at radius 3 is 1.54 bits per heavy atom. The summed E-state index contributed by atoms with van der Waals surface area (Å²) < 4.78 is 9.98. The minimum Gasteiger partial charge on any atom is -0.478 e. The highest BCUT2D eigenvalue weighted by molar-refractivity contribution is 5.96. The van der Waals surface area contributed by atoms with Crippen molar-refractivity contribution < 1.29 is 39.2 Å². The van der Waals surface area contributed by atoms with Gasteiger partial charge in [0.2, 0.25) is 12.2 Å². The quantitative estimate of drug-likeness (QED) is 0.652. The fraction of sp³-hybridized carbons (Fsp3) is 0.158. The Hall–Kier alpha value is -3.72. The summed E-state index contributed by atoms with van der Waals surface area (Å²) in [5.74, 6) is -4.44. The van der Waals surface area contributed by atoms with Crippen LogP contribution in [0.15, 0.2) is 60.7 Å². The Labute approximate surface area is 160 Å². The lowest BCUT2D eigenvalue weighted by Crippen LogP contribution is -2.49. The minimum atomic E-state index is -2.02. The van der Waals surface area contributed by atoms with Crippen molar-refractivity contribution in [3.8, 4) is 0 Å². The summed E-state index contributed by atoms with van der Waals surface area (Å²) in [5.41, 5.74) is 0.207. The number of hydrogen-bond acceptors (Lipinski definition) is 6. The molecule has 9 nitrogen and oxygen atoms in total. The zero-order chi connectivity index (χ0) is 19.8. The number of carbonyl (C=O) groups excluding carboxylic acids is 3. The van der Waals surface area contributed by atoms with Crippen molar-refractivity contribution in [3.05, 3.63) is 71.8 Å². The van der Waals surface area contributed by atoms with Crippen LogP contribution in [-0.4, -0.2) is 53.7 Å². The molecule has 0 unspecified atom stereocenters. The highest BCUT2D eigenvalue weighted by Gasteiger charge is 2.40. The average molecular weight is 389 g/mol. The molecule has 0 aliphatic carbocycles. The van der Waals surface area contributed by atoms with Gasteiger partial charge in [0.25, 0.3) is 5.91 Å². The Morgan fingerprint density at radius 2 is 1.18 bits per heavy atom. The maximum absolute atomic E-state index is 12.2. The van der Waals surface area contributed by atoms with Crippen molar-refractivity contribution in [2.45, 2.75) is 12.2 Å². The highest BCUT2D eigenvalue weighted by atomic mass is 16.6. The number of benzene rings is 2. The molecular weight excluding hydrogens is 370 g/mol. The van der Waals surface area contributed by atoms with E-state index in [-0.39, 0.29) is 16.6 Å². The number of nitrogens with one attached hydrogen (secondary N) is 1. The normalized spacial score (nSPS) is 11.9. The first kappa shape index (κ1) is 22.3. The molecule has 0 aliphatic heterocycles. The molecule has 148 valence electrons. The molecule has 0 spiro atoms. The van der Waals surface area contributed by atoms with Crippen LogP contribution in [0, 0.1) is 0 Å². The van der Waals surface area contributed by atoms with Gasteiger partial charge in [-0.3, -0.25) is 4.79 Å². The van der Waals surface area contributed by atoms with Gasteiger partial charge in [0.05, 0.1) is 11.1 Å². The third-order valence-electron chi connectivity index (χ3n) is 3.51. The Bertz CT molecular complexity index is 822. The van der Waals surface area contributed by atoms with Gasteiger partial charge in [0.1, 0.15) is 0 Å². The van der Waals surface area contributed by atoms with Crippen molar-refractivity contribution in [3.63, 3.8) is 0 Å². The summed E-state index contributed by atoms with van der Waals surface area (Å²) in [6, 6.07) is 15.4. The standard InChI is InChI=1S/C19H17NO7.H2O/c1-20-16(21)14(26-18(24)12-8-4-2-5-9-12)15(17(22)23)27-19(25)13-10-6-3-7-11-13;/h2-11,14-15H,1H3,(H,20,21)(H,22,23);1H2/t14-,15-;/m1./s1. The van der Waals surface area contributed by atoms with Crippen molar-refractivity contribution in [1.29, 1.82) is 0 Å². The third kappa shape index (κ3) is 5.64. The molecule has 9 heteroatoms. The van der Waals surface area contributed by atoms with Crippen LogP contribution in [0.1, 0.15) is 20.7 Å². The lowest BCUT2D eigenvalue weighted by molar-refractivity contribution is -0.159. The second-order valence-corrected chi connectivity index (χ2v) is 5.34. The molecule has 1 amide bonds. The van der Waals surface area contributed by atoms with Crippen molar-refractivity contribution in [1.82, 2.24) is 5.32 Å². The van der Waals surface area contributed by atoms with Gasteiger partial charge in [0.15, 0.2) is 0 Å². The van der Waals surface area contributed by atoms with Gasteiger partial charge in [-0.15, -0.1) is 0 Å². The number of rotatable bonds is 7. The number of likely N-dealkylation sites (N-methyl/N-ethyl adjacent to an activating group) is 1. The topological polar surface area (TPSA) is 150 Å². The monoisotopic (exact) mass is 389 g/mol. The first-order valence-corrected chi connectivity index (χ1v) is 7.90. The molecule has 2 atom stereocenters. The summed E-state index contributed by atoms with van der Waals surface area (Å²) in [5, 5.41) is 11.6. The van der Waals surface area contributed by atoms with Crippen LogP contribution in [0.4, 0.5) is 0 Å². The predicted molar refractivity (Wildman–Crippen MR) is 96.6 cm³/mol. The highest BCUT2D eigenvalue weighted by Crippen LogP contribution is 2.13. The third-order valence-corrected chi connectivity index (χ3v) is 3.51. The number of carboxylic acid groups (broad SMARTS) is 1. The van der Waals surface area contributed by atoms with Crippen LogP contribution in [-0.2, 0) is 19.1 Å². The molecule has 4 N–H and O–H groups in total. The molecule has 2 rings (SSSR count). The summed E-state index contributed by atoms with van der Waals surface area (Å²) in [7, 11) is 1.24. The van der Waals surface area contributed by atoms with Crippen LogP contribution >= 0.6 is 0 Å². The van der Waals surface area contributed by atoms with E-state index in [0.717, 1.165) is 0 Å². The Balaban J connectivity index is 0.00000392. The zero-order valence-corrected chi connectivity index (χ0v) is 14.8. The van der Waals surface area contributed by atoms with E-state index in [1.165, 1.54) is 31.3 Å². The van der Waals surface area contributed by atoms with Gasteiger partial charge in [-0.1, -0.05) is 36.4 Å². The largest absolute Gasteiger partial charge is 0.478 e. The van der Waals surface area contributed by atoms with Crippen LogP contribution in [0.5, 0.6) is 0 Å². The van der Waals surface area contributed by atoms with Gasteiger partial charge in [-0.05, 0) is 24.3 Å². The number of amides is 1. The van der Waals surface area contributed by atoms with Crippen LogP contribution in [0.2, 0.25) is 0 Å². The molecule has 0 saturated heterocycles. The van der Waals surface area contributed by atoms with Crippen LogP contribution in [0.25, 0.3) is 0 Å². The SMILES string of the molecule is CNC(=O)[C@H](OC(=O)c1ccccc1)[C@@H](OC(=O)c1ccccc1)C(=O)O.O. The smallest absolute Gasteiger partial charge is 0.349 e. The van der Waals surface area contributed by atoms with E-state index in [9.17, 15) is 24.3 Å². The molecule has 0 radical (unpaired) electrons. The summed E-state index contributed by atoms with van der Waals surface area (Å²) in [6.07, 6.45) is -3.89. The summed E-state index contributed by atoms with van der Waals surface area (Å²) in [6.45, 7) is 0. The van der Waals surface area contributed by atoms with Gasteiger partial charge in [0, 0.05) is 7.05 Å². The molecule has 2 aromatic carbocycles. The number of esters is 2. The number of ether oxygens (including phenoxy) is 2. The van der Waals surface area contributed by atoms with Crippen LogP contribution in [0.3, 0.4) is 0 Å². The number of aliphatic carboxylic acids is 1. The molecule has 0 heterocycles. The maximum Gasteiger partial charge on any atom is 0.349 e. The molecule has 0 bridgehead atoms. The molecule has 0 aromatic heterocycles. The van der Waals surface area contributed by atoms with Gasteiger partial charge >= 0.3 is 17.9 Å². The lowest BCUT2D eigenvalue weighted by Gasteiger charge is -2.22. The molecule has 0 saturated carbocycles. The van der Waals surface area contributed by atoms with Crippen LogP contribution < -0.4 is 5.32 Å². The van der Waals surface area contributed by atoms with E-state index in [1.807, 2.05) is 0 Å². The van der Waals surface area contributed by atoms with E-state index in [2.05, 4.69) is 5.32 Å². The van der Waals surface area contributed by atoms with E-state index >= 15 is 0 Å². The van der Waals surface area contributed by atoms with E-state index < -0.39 is 36.0 Å². The predicted octanol–water partition coefficient (Wildman–Crippen LogP) is 0.443. The molecule has 0 fully saturated rings. The maximum atomic E-state index is 12.2. The van der Waals surface area contributed by atoms with E-state index in [4.69, 9.17) is 9.47 Å². The van der Waals surface area contributed by atoms with Crippen molar-refractivity contribution in [2.75, 3.05) is 7.05 Å². The summed E-state index contributed by atoms with van der Waals surface area (Å²) >= 11 is 0. The van der Waals surface area contributed by atoms with E-state index in [1.54, 1.807) is 36.4 Å². The van der Waals surface area contributed by atoms with Gasteiger partial charge in [-0.2, -0.15) is 0 Å². The number of hydrogen-bond donors (Lipinski definition) is 2. The van der Waals surface area contributed by atoms with Crippen molar-refractivity contribution in [2.24, 2.45) is 0 Å². The fourth-order valence-corrected chi connectivity index (χ4v) is 2.15. The second-order valence-electron chi connectivity index (χ2n) is 5.34. The molecule has 2 aromatic rings. The molecule has 28 heavy (non-hydrogen) atoms. The minimum absolute atomic E-state index is 0. The average Bonchev–Trinajstić information content (AvgIpc) is 2.70. The first-order chi connectivity index (χ1) is 12.9. The second kappa shape index (κ2) is 10.4. The Kier molecular flexibility index (Phi) is 8.32. The lowest BCUT2D eigenvalue weighted by atomic mass is 10.1. The van der Waals surface area contributed by atoms with Gasteiger partial charge in [-0.25, -0.2) is 14.4 Å². The van der Waals surface area contributed by atoms with Gasteiger partial charge < -0.3 is 25.4 Å².